The number of rotatable bonds is 4. The summed E-state index contributed by atoms with van der Waals surface area (Å²) in [5, 5.41) is 3.23. The summed E-state index contributed by atoms with van der Waals surface area (Å²) in [6.07, 6.45) is 5.80. The number of ether oxygens (including phenoxy) is 1. The fraction of sp³-hybridized carbons (Fsp3) is 0.636. The van der Waals surface area contributed by atoms with Gasteiger partial charge < -0.3 is 20.4 Å². The SMILES string of the molecule is COCCN=C(N)NC1CCn2ccnc2C1. The molecule has 2 rings (SSSR count). The molecule has 94 valence electrons. The minimum Gasteiger partial charge on any atom is -0.383 e. The van der Waals surface area contributed by atoms with E-state index >= 15 is 0 Å². The van der Waals surface area contributed by atoms with Gasteiger partial charge in [-0.15, -0.1) is 0 Å². The van der Waals surface area contributed by atoms with Crippen molar-refractivity contribution in [3.8, 4) is 0 Å². The molecule has 0 radical (unpaired) electrons. The van der Waals surface area contributed by atoms with E-state index in [0.717, 1.165) is 25.2 Å². The van der Waals surface area contributed by atoms with Gasteiger partial charge >= 0.3 is 0 Å². The minimum absolute atomic E-state index is 0.330. The Morgan fingerprint density at radius 2 is 2.65 bits per heavy atom. The molecule has 17 heavy (non-hydrogen) atoms. The van der Waals surface area contributed by atoms with Crippen LogP contribution < -0.4 is 11.1 Å². The van der Waals surface area contributed by atoms with Crippen molar-refractivity contribution in [2.24, 2.45) is 10.7 Å². The van der Waals surface area contributed by atoms with Crippen molar-refractivity contribution in [3.63, 3.8) is 0 Å². The predicted molar refractivity (Wildman–Crippen MR) is 65.8 cm³/mol. The van der Waals surface area contributed by atoms with E-state index in [1.807, 2.05) is 12.4 Å². The number of nitrogens with one attached hydrogen (secondary N) is 1. The normalized spacial score (nSPS) is 20.1. The Kier molecular flexibility index (Phi) is 3.98. The Morgan fingerprint density at radius 3 is 3.47 bits per heavy atom. The van der Waals surface area contributed by atoms with E-state index in [-0.39, 0.29) is 0 Å². The minimum atomic E-state index is 0.330. The first kappa shape index (κ1) is 11.9. The maximum absolute atomic E-state index is 5.80. The fourth-order valence-corrected chi connectivity index (χ4v) is 1.99. The molecule has 1 aromatic heterocycles. The lowest BCUT2D eigenvalue weighted by Crippen LogP contribution is -2.44. The van der Waals surface area contributed by atoms with E-state index in [4.69, 9.17) is 10.5 Å². The third-order valence-electron chi connectivity index (χ3n) is 2.88. The van der Waals surface area contributed by atoms with Gasteiger partial charge in [0.2, 0.25) is 0 Å². The van der Waals surface area contributed by atoms with E-state index in [1.165, 1.54) is 0 Å². The van der Waals surface area contributed by atoms with Crippen LogP contribution in [0.5, 0.6) is 0 Å². The fourth-order valence-electron chi connectivity index (χ4n) is 1.99. The number of guanidine groups is 1. The molecule has 0 saturated carbocycles. The van der Waals surface area contributed by atoms with Crippen LogP contribution >= 0.6 is 0 Å². The zero-order chi connectivity index (χ0) is 12.1. The zero-order valence-electron chi connectivity index (χ0n) is 10.1. The molecule has 3 N–H and O–H groups in total. The maximum Gasteiger partial charge on any atom is 0.188 e. The molecule has 0 spiro atoms. The van der Waals surface area contributed by atoms with Gasteiger partial charge in [-0.1, -0.05) is 0 Å². The molecule has 1 unspecified atom stereocenters. The summed E-state index contributed by atoms with van der Waals surface area (Å²) in [4.78, 5) is 8.49. The third-order valence-corrected chi connectivity index (χ3v) is 2.88. The number of fused-ring (bicyclic) bond motifs is 1. The average molecular weight is 237 g/mol. The smallest absolute Gasteiger partial charge is 0.188 e. The van der Waals surface area contributed by atoms with E-state index in [2.05, 4.69) is 19.9 Å². The monoisotopic (exact) mass is 237 g/mol. The second kappa shape index (κ2) is 5.67. The summed E-state index contributed by atoms with van der Waals surface area (Å²) < 4.78 is 7.09. The molecule has 0 fully saturated rings. The highest BCUT2D eigenvalue weighted by molar-refractivity contribution is 5.78. The summed E-state index contributed by atoms with van der Waals surface area (Å²) in [6, 6.07) is 0.330. The topological polar surface area (TPSA) is 77.5 Å². The second-order valence-corrected chi connectivity index (χ2v) is 4.13. The predicted octanol–water partition coefficient (Wildman–Crippen LogP) is -0.251. The molecule has 1 atom stereocenters. The molecule has 0 aliphatic carbocycles. The Hall–Kier alpha value is -1.56. The van der Waals surface area contributed by atoms with Crippen molar-refractivity contribution in [3.05, 3.63) is 18.2 Å². The Labute approximate surface area is 101 Å². The van der Waals surface area contributed by atoms with E-state index in [0.29, 0.717) is 25.2 Å². The Bertz CT molecular complexity index is 387. The van der Waals surface area contributed by atoms with Crippen LogP contribution in [0.3, 0.4) is 0 Å². The first-order valence-corrected chi connectivity index (χ1v) is 5.85. The first-order valence-electron chi connectivity index (χ1n) is 5.85. The van der Waals surface area contributed by atoms with Gasteiger partial charge in [-0.2, -0.15) is 0 Å². The van der Waals surface area contributed by atoms with E-state index in [9.17, 15) is 0 Å². The third kappa shape index (κ3) is 3.20. The van der Waals surface area contributed by atoms with Crippen molar-refractivity contribution in [1.29, 1.82) is 0 Å². The van der Waals surface area contributed by atoms with Crippen molar-refractivity contribution >= 4 is 5.96 Å². The molecular weight excluding hydrogens is 218 g/mol. The molecule has 6 heteroatoms. The summed E-state index contributed by atoms with van der Waals surface area (Å²) in [5.41, 5.74) is 5.80. The number of aryl methyl sites for hydroxylation is 1. The molecule has 6 nitrogen and oxygen atoms in total. The highest BCUT2D eigenvalue weighted by Gasteiger charge is 2.18. The summed E-state index contributed by atoms with van der Waals surface area (Å²) >= 11 is 0. The number of hydrogen-bond donors (Lipinski definition) is 2. The molecule has 1 aliphatic rings. The molecule has 0 bridgehead atoms. The van der Waals surface area contributed by atoms with Crippen LogP contribution in [0.2, 0.25) is 0 Å². The van der Waals surface area contributed by atoms with Gasteiger partial charge in [-0.05, 0) is 6.42 Å². The average Bonchev–Trinajstić information content (AvgIpc) is 2.76. The van der Waals surface area contributed by atoms with Crippen LogP contribution in [-0.4, -0.2) is 41.8 Å². The van der Waals surface area contributed by atoms with Crippen molar-refractivity contribution < 1.29 is 4.74 Å². The number of aromatic nitrogens is 2. The lowest BCUT2D eigenvalue weighted by molar-refractivity contribution is 0.208. The van der Waals surface area contributed by atoms with Crippen LogP contribution in [0.15, 0.2) is 17.4 Å². The lowest BCUT2D eigenvalue weighted by Gasteiger charge is -2.24. The molecular formula is C11H19N5O. The molecule has 0 amide bonds. The lowest BCUT2D eigenvalue weighted by atomic mass is 10.1. The highest BCUT2D eigenvalue weighted by Crippen LogP contribution is 2.12. The highest BCUT2D eigenvalue weighted by atomic mass is 16.5. The maximum atomic E-state index is 5.80. The summed E-state index contributed by atoms with van der Waals surface area (Å²) in [6.45, 7) is 2.17. The van der Waals surface area contributed by atoms with Crippen LogP contribution in [-0.2, 0) is 17.7 Å². The number of methoxy groups -OCH3 is 1. The van der Waals surface area contributed by atoms with Gasteiger partial charge in [0.25, 0.3) is 0 Å². The van der Waals surface area contributed by atoms with Crippen LogP contribution in [0.25, 0.3) is 0 Å². The number of nitrogens with two attached hydrogens (primary N) is 1. The van der Waals surface area contributed by atoms with Gasteiger partial charge in [0, 0.05) is 38.5 Å². The Balaban J connectivity index is 1.83. The van der Waals surface area contributed by atoms with Crippen molar-refractivity contribution in [2.45, 2.75) is 25.4 Å². The van der Waals surface area contributed by atoms with Crippen molar-refractivity contribution in [2.75, 3.05) is 20.3 Å². The standard InChI is InChI=1S/C11H19N5O/c1-17-7-4-14-11(12)15-9-2-5-16-6-3-13-10(16)8-9/h3,6,9H,2,4-5,7-8H2,1H3,(H3,12,14,15). The van der Waals surface area contributed by atoms with Gasteiger partial charge in [0.1, 0.15) is 5.82 Å². The molecule has 1 aliphatic heterocycles. The van der Waals surface area contributed by atoms with Gasteiger partial charge in [0.05, 0.1) is 13.2 Å². The van der Waals surface area contributed by atoms with Crippen molar-refractivity contribution in [1.82, 2.24) is 14.9 Å². The number of nitrogens with zero attached hydrogens (tertiary/aromatic N) is 3. The summed E-state index contributed by atoms with van der Waals surface area (Å²) in [5.74, 6) is 1.60. The largest absolute Gasteiger partial charge is 0.383 e. The first-order chi connectivity index (χ1) is 8.29. The van der Waals surface area contributed by atoms with Gasteiger partial charge in [0.15, 0.2) is 5.96 Å². The molecule has 0 aromatic carbocycles. The number of imidazole rings is 1. The summed E-state index contributed by atoms with van der Waals surface area (Å²) in [7, 11) is 1.65. The van der Waals surface area contributed by atoms with Crippen LogP contribution in [0.1, 0.15) is 12.2 Å². The quantitative estimate of drug-likeness (QED) is 0.430. The molecule has 1 aromatic rings. The Morgan fingerprint density at radius 1 is 1.76 bits per heavy atom. The van der Waals surface area contributed by atoms with Gasteiger partial charge in [-0.3, -0.25) is 4.99 Å². The second-order valence-electron chi connectivity index (χ2n) is 4.13. The van der Waals surface area contributed by atoms with E-state index < -0.39 is 0 Å². The van der Waals surface area contributed by atoms with Gasteiger partial charge in [-0.25, -0.2) is 4.98 Å². The van der Waals surface area contributed by atoms with Crippen LogP contribution in [0.4, 0.5) is 0 Å². The molecule has 0 saturated heterocycles. The zero-order valence-corrected chi connectivity index (χ0v) is 10.1. The van der Waals surface area contributed by atoms with E-state index in [1.54, 1.807) is 7.11 Å². The van der Waals surface area contributed by atoms with Crippen LogP contribution in [0, 0.1) is 0 Å². The number of hydrogen-bond acceptors (Lipinski definition) is 3. The number of aliphatic imine (C=N–C) groups is 1. The molecule has 2 heterocycles.